The number of nitrogens with one attached hydrogen (secondary N) is 1. The molecule has 1 rings (SSSR count). The number of esters is 1. The van der Waals surface area contributed by atoms with Gasteiger partial charge in [0, 0.05) is 6.42 Å². The summed E-state index contributed by atoms with van der Waals surface area (Å²) in [4.78, 5) is 26.4. The highest BCUT2D eigenvalue weighted by Crippen LogP contribution is 2.26. The van der Waals surface area contributed by atoms with Crippen molar-refractivity contribution >= 4 is 11.9 Å². The third kappa shape index (κ3) is 36.5. The third-order valence-corrected chi connectivity index (χ3v) is 12.7. The molecule has 1 fully saturated rings. The minimum Gasteiger partial charge on any atom is -0.454 e. The van der Waals surface area contributed by atoms with Crippen LogP contribution < -0.4 is 5.32 Å². The van der Waals surface area contributed by atoms with Gasteiger partial charge < -0.3 is 45.1 Å². The van der Waals surface area contributed by atoms with Crippen LogP contribution in [0.25, 0.3) is 0 Å². The van der Waals surface area contributed by atoms with Gasteiger partial charge in [0.25, 0.3) is 0 Å². The monoisotopic (exact) mass is 1010 g/mol. The van der Waals surface area contributed by atoms with Gasteiger partial charge in [0.15, 0.2) is 12.4 Å². The molecule has 0 radical (unpaired) electrons. The summed E-state index contributed by atoms with van der Waals surface area (Å²) >= 11 is 0. The lowest BCUT2D eigenvalue weighted by atomic mass is 9.99. The van der Waals surface area contributed by atoms with Crippen molar-refractivity contribution in [1.29, 1.82) is 0 Å². The Morgan fingerprint density at radius 1 is 0.556 bits per heavy atom. The molecule has 0 aromatic carbocycles. The molecule has 8 unspecified atom stereocenters. The molecule has 11 heteroatoms. The predicted molar refractivity (Wildman–Crippen MR) is 296 cm³/mol. The summed E-state index contributed by atoms with van der Waals surface area (Å²) in [5.74, 6) is -1.31. The van der Waals surface area contributed by atoms with E-state index in [4.69, 9.17) is 14.2 Å². The van der Waals surface area contributed by atoms with E-state index in [2.05, 4.69) is 99.0 Å². The van der Waals surface area contributed by atoms with Crippen LogP contribution in [0.5, 0.6) is 0 Å². The molecule has 1 aliphatic rings. The van der Waals surface area contributed by atoms with Crippen LogP contribution in [0.2, 0.25) is 0 Å². The zero-order valence-electron chi connectivity index (χ0n) is 45.3. The van der Waals surface area contributed by atoms with Gasteiger partial charge in [-0.05, 0) is 89.9 Å². The number of aliphatic hydroxyl groups is 5. The lowest BCUT2D eigenvalue weighted by molar-refractivity contribution is -0.305. The number of amides is 1. The number of hydrogen-bond acceptors (Lipinski definition) is 10. The first kappa shape index (κ1) is 66.6. The number of allylic oxidation sites excluding steroid dienone is 15. The van der Waals surface area contributed by atoms with Crippen LogP contribution in [0.3, 0.4) is 0 Å². The standard InChI is InChI=1S/C61H103NO10/c1-4-7-10-13-16-19-22-24-25-26-27-28-29-31-34-37-40-43-46-49-56(66)72-59-58(68)57(67)55(50-63)71-61(59)70-51-52(53(64)47-44-41-38-35-32-21-18-15-12-9-6-3)62-60(69)54(65)48-45-42-39-36-33-30-23-20-17-14-11-8-5-2/h7,10,16,19,24-25,27-28,31,33-34,36,40,43-44,47,52-55,57-59,61,63-65,67-68H,4-6,8-9,11-15,17-18,20-23,26,29-30,32,35,37-39,41-42,45-46,48-51H2,1-3H3,(H,62,69)/b10-7-,19-16-,25-24-,28-27-,34-31-,36-33-,43-40-,47-44+. The van der Waals surface area contributed by atoms with E-state index in [1.165, 1.54) is 83.5 Å². The zero-order chi connectivity index (χ0) is 52.5. The molecule has 72 heavy (non-hydrogen) atoms. The van der Waals surface area contributed by atoms with Crippen LogP contribution in [0.1, 0.15) is 213 Å². The van der Waals surface area contributed by atoms with Gasteiger partial charge in [-0.2, -0.15) is 0 Å². The molecule has 6 N–H and O–H groups in total. The van der Waals surface area contributed by atoms with Crippen molar-refractivity contribution in [3.8, 4) is 0 Å². The maximum Gasteiger partial charge on any atom is 0.306 e. The molecular weight excluding hydrogens is 907 g/mol. The largest absolute Gasteiger partial charge is 0.454 e. The quantitative estimate of drug-likeness (QED) is 0.0196. The van der Waals surface area contributed by atoms with E-state index >= 15 is 0 Å². The minimum absolute atomic E-state index is 0.00773. The summed E-state index contributed by atoms with van der Waals surface area (Å²) in [6.07, 6.45) is 53.2. The Morgan fingerprint density at radius 3 is 1.50 bits per heavy atom. The van der Waals surface area contributed by atoms with Crippen LogP contribution in [0.4, 0.5) is 0 Å². The summed E-state index contributed by atoms with van der Waals surface area (Å²) < 4.78 is 17.5. The van der Waals surface area contributed by atoms with Gasteiger partial charge in [-0.25, -0.2) is 0 Å². The van der Waals surface area contributed by atoms with Gasteiger partial charge in [-0.3, -0.25) is 9.59 Å². The Bertz CT molecular complexity index is 1530. The molecular formula is C61H103NO10. The number of hydrogen-bond donors (Lipinski definition) is 6. The van der Waals surface area contributed by atoms with Crippen molar-refractivity contribution < 1.29 is 49.3 Å². The summed E-state index contributed by atoms with van der Waals surface area (Å²) in [5, 5.41) is 56.7. The fourth-order valence-corrected chi connectivity index (χ4v) is 8.20. The van der Waals surface area contributed by atoms with Gasteiger partial charge in [0.2, 0.25) is 5.91 Å². The van der Waals surface area contributed by atoms with Crippen molar-refractivity contribution in [3.05, 3.63) is 97.2 Å². The molecule has 1 aliphatic heterocycles. The molecule has 11 nitrogen and oxygen atoms in total. The normalized spacial score (nSPS) is 20.2. The second-order valence-electron chi connectivity index (χ2n) is 19.3. The Morgan fingerprint density at radius 2 is 1.00 bits per heavy atom. The van der Waals surface area contributed by atoms with Crippen LogP contribution in [0, 0.1) is 0 Å². The average molecular weight is 1010 g/mol. The van der Waals surface area contributed by atoms with E-state index in [-0.39, 0.29) is 19.4 Å². The lowest BCUT2D eigenvalue weighted by Crippen LogP contribution is -2.61. The predicted octanol–water partition coefficient (Wildman–Crippen LogP) is 12.8. The van der Waals surface area contributed by atoms with Gasteiger partial charge >= 0.3 is 5.97 Å². The number of unbranched alkanes of at least 4 members (excludes halogenated alkanes) is 18. The van der Waals surface area contributed by atoms with Crippen LogP contribution in [-0.4, -0.2) is 99.6 Å². The highest BCUT2D eigenvalue weighted by Gasteiger charge is 2.47. The van der Waals surface area contributed by atoms with E-state index < -0.39 is 67.4 Å². The van der Waals surface area contributed by atoms with E-state index in [0.717, 1.165) is 77.0 Å². The topological polar surface area (TPSA) is 175 Å². The van der Waals surface area contributed by atoms with E-state index in [1.807, 2.05) is 18.2 Å². The van der Waals surface area contributed by atoms with Gasteiger partial charge in [0.1, 0.15) is 24.4 Å². The highest BCUT2D eigenvalue weighted by atomic mass is 16.7. The van der Waals surface area contributed by atoms with Gasteiger partial charge in [-0.1, -0.05) is 214 Å². The number of carbonyl (C=O) groups excluding carboxylic acids is 2. The molecule has 8 atom stereocenters. The third-order valence-electron chi connectivity index (χ3n) is 12.7. The molecule has 0 spiro atoms. The maximum atomic E-state index is 13.3. The Balaban J connectivity index is 2.78. The minimum atomic E-state index is -1.65. The molecule has 0 bridgehead atoms. The Hall–Kier alpha value is -3.42. The second kappa shape index (κ2) is 48.5. The molecule has 1 heterocycles. The first-order valence-corrected chi connectivity index (χ1v) is 28.5. The Labute approximate surface area is 437 Å². The zero-order valence-corrected chi connectivity index (χ0v) is 45.3. The molecule has 0 saturated carbocycles. The number of ether oxygens (including phenoxy) is 3. The average Bonchev–Trinajstić information content (AvgIpc) is 3.38. The van der Waals surface area contributed by atoms with E-state index in [0.29, 0.717) is 19.3 Å². The summed E-state index contributed by atoms with van der Waals surface area (Å²) in [6, 6.07) is -1.05. The number of carbonyl (C=O) groups is 2. The van der Waals surface area contributed by atoms with Crippen molar-refractivity contribution in [3.63, 3.8) is 0 Å². The van der Waals surface area contributed by atoms with Gasteiger partial charge in [0.05, 0.1) is 25.4 Å². The van der Waals surface area contributed by atoms with Crippen LogP contribution >= 0.6 is 0 Å². The number of aliphatic hydroxyl groups excluding tert-OH is 5. The lowest BCUT2D eigenvalue weighted by Gasteiger charge is -2.41. The second-order valence-corrected chi connectivity index (χ2v) is 19.3. The molecule has 0 aromatic rings. The maximum absolute atomic E-state index is 13.3. The highest BCUT2D eigenvalue weighted by molar-refractivity contribution is 5.80. The van der Waals surface area contributed by atoms with Crippen LogP contribution in [-0.2, 0) is 23.8 Å². The number of rotatable bonds is 46. The molecule has 1 amide bonds. The molecule has 0 aliphatic carbocycles. The SMILES string of the molecule is CC/C=C\C/C=C\C/C=C\C/C=C\C/C=C\C/C=C\CCC(=O)OC1C(OCC(NC(=O)C(O)CCCC/C=C\CCCCCCCCC)C(O)/C=C/CCCCCCCCCCC)OC(CO)C(O)C1O. The van der Waals surface area contributed by atoms with Crippen molar-refractivity contribution in [2.75, 3.05) is 13.2 Å². The fourth-order valence-electron chi connectivity index (χ4n) is 8.20. The van der Waals surface area contributed by atoms with E-state index in [1.54, 1.807) is 6.08 Å². The first-order valence-electron chi connectivity index (χ1n) is 28.5. The fraction of sp³-hybridized carbons (Fsp3) is 0.705. The van der Waals surface area contributed by atoms with Crippen molar-refractivity contribution in [2.45, 2.75) is 262 Å². The summed E-state index contributed by atoms with van der Waals surface area (Å²) in [5.41, 5.74) is 0. The summed E-state index contributed by atoms with van der Waals surface area (Å²) in [6.45, 7) is 5.58. The summed E-state index contributed by atoms with van der Waals surface area (Å²) in [7, 11) is 0. The van der Waals surface area contributed by atoms with Crippen molar-refractivity contribution in [1.82, 2.24) is 5.32 Å². The molecule has 1 saturated heterocycles. The van der Waals surface area contributed by atoms with Gasteiger partial charge in [-0.15, -0.1) is 0 Å². The smallest absolute Gasteiger partial charge is 0.306 e. The van der Waals surface area contributed by atoms with Crippen LogP contribution in [0.15, 0.2) is 97.2 Å². The first-order chi connectivity index (χ1) is 35.2. The Kier molecular flexibility index (Phi) is 44.9. The van der Waals surface area contributed by atoms with Crippen molar-refractivity contribution in [2.24, 2.45) is 0 Å². The molecule has 0 aromatic heterocycles. The van der Waals surface area contributed by atoms with E-state index in [9.17, 15) is 35.1 Å². The molecule has 412 valence electrons.